The molecule has 0 saturated carbocycles. The van der Waals surface area contributed by atoms with E-state index in [4.69, 9.17) is 16.3 Å². The molecule has 0 aliphatic carbocycles. The molecule has 0 heterocycles. The highest BCUT2D eigenvalue weighted by atomic mass is 35.5. The Hall–Kier alpha value is -3.12. The standard InChI is InChI=1S/C18H13ClN2O4/c1-25-17-9-8-16(12-4-2-3-5-13(12)17)20-18(22)14-7-6-11(21(23)24)10-15(14)19/h2-10H,1H3,(H,20,22). The molecule has 0 radical (unpaired) electrons. The lowest BCUT2D eigenvalue weighted by Crippen LogP contribution is -2.13. The van der Waals surface area contributed by atoms with Crippen LogP contribution in [0.25, 0.3) is 10.8 Å². The van der Waals surface area contributed by atoms with Crippen molar-refractivity contribution in [1.82, 2.24) is 0 Å². The largest absolute Gasteiger partial charge is 0.496 e. The minimum absolute atomic E-state index is 0.0181. The van der Waals surface area contributed by atoms with E-state index in [2.05, 4.69) is 5.32 Å². The maximum absolute atomic E-state index is 12.5. The molecule has 0 fully saturated rings. The highest BCUT2D eigenvalue weighted by molar-refractivity contribution is 6.34. The van der Waals surface area contributed by atoms with Gasteiger partial charge in [-0.2, -0.15) is 0 Å². The van der Waals surface area contributed by atoms with E-state index >= 15 is 0 Å². The van der Waals surface area contributed by atoms with Crippen molar-refractivity contribution in [1.29, 1.82) is 0 Å². The first-order valence-corrected chi connectivity index (χ1v) is 7.70. The van der Waals surface area contributed by atoms with Crippen LogP contribution in [0.1, 0.15) is 10.4 Å². The molecule has 0 aromatic heterocycles. The first kappa shape index (κ1) is 16.7. The first-order valence-electron chi connectivity index (χ1n) is 7.32. The number of anilines is 1. The van der Waals surface area contributed by atoms with Crippen LogP contribution in [0.3, 0.4) is 0 Å². The highest BCUT2D eigenvalue weighted by Gasteiger charge is 2.16. The molecule has 0 aliphatic heterocycles. The number of nitrogens with one attached hydrogen (secondary N) is 1. The number of amides is 1. The molecule has 0 spiro atoms. The monoisotopic (exact) mass is 356 g/mol. The van der Waals surface area contributed by atoms with Crippen molar-refractivity contribution in [3.8, 4) is 5.75 Å². The summed E-state index contributed by atoms with van der Waals surface area (Å²) < 4.78 is 5.33. The van der Waals surface area contributed by atoms with Crippen molar-refractivity contribution >= 4 is 39.7 Å². The number of benzene rings is 3. The molecule has 7 heteroatoms. The molecule has 1 N–H and O–H groups in total. The van der Waals surface area contributed by atoms with Crippen LogP contribution in [0.4, 0.5) is 11.4 Å². The molecule has 25 heavy (non-hydrogen) atoms. The summed E-state index contributed by atoms with van der Waals surface area (Å²) in [6.45, 7) is 0. The van der Waals surface area contributed by atoms with E-state index in [0.29, 0.717) is 11.4 Å². The van der Waals surface area contributed by atoms with E-state index in [0.717, 1.165) is 16.8 Å². The molecule has 0 aliphatic rings. The molecule has 0 unspecified atom stereocenters. The smallest absolute Gasteiger partial charge is 0.270 e. The van der Waals surface area contributed by atoms with Gasteiger partial charge < -0.3 is 10.1 Å². The van der Waals surface area contributed by atoms with Crippen LogP contribution in [-0.2, 0) is 0 Å². The molecule has 0 bridgehead atoms. The number of carbonyl (C=O) groups is 1. The van der Waals surface area contributed by atoms with Gasteiger partial charge in [0, 0.05) is 28.6 Å². The second kappa shape index (κ2) is 6.78. The van der Waals surface area contributed by atoms with Crippen LogP contribution in [0.15, 0.2) is 54.6 Å². The SMILES string of the molecule is COc1ccc(NC(=O)c2ccc([N+](=O)[O-])cc2Cl)c2ccccc12. The molecular weight excluding hydrogens is 344 g/mol. The quantitative estimate of drug-likeness (QED) is 0.544. The number of nitro groups is 1. The van der Waals surface area contributed by atoms with E-state index in [1.165, 1.54) is 12.1 Å². The van der Waals surface area contributed by atoms with Crippen LogP contribution in [0.2, 0.25) is 5.02 Å². The number of halogens is 1. The van der Waals surface area contributed by atoms with Gasteiger partial charge in [0.15, 0.2) is 0 Å². The van der Waals surface area contributed by atoms with E-state index in [1.807, 2.05) is 24.3 Å². The summed E-state index contributed by atoms with van der Waals surface area (Å²) in [5.41, 5.74) is 0.583. The zero-order valence-electron chi connectivity index (χ0n) is 13.2. The lowest BCUT2D eigenvalue weighted by Gasteiger charge is -2.12. The van der Waals surface area contributed by atoms with Crippen LogP contribution in [0, 0.1) is 10.1 Å². The Bertz CT molecular complexity index is 988. The summed E-state index contributed by atoms with van der Waals surface area (Å²) >= 11 is 6.02. The zero-order valence-corrected chi connectivity index (χ0v) is 13.9. The number of nitro benzene ring substituents is 1. The first-order chi connectivity index (χ1) is 12.0. The average molecular weight is 357 g/mol. The van der Waals surface area contributed by atoms with E-state index in [-0.39, 0.29) is 16.3 Å². The number of ether oxygens (including phenoxy) is 1. The lowest BCUT2D eigenvalue weighted by atomic mass is 10.1. The van der Waals surface area contributed by atoms with Gasteiger partial charge >= 0.3 is 0 Å². The number of rotatable bonds is 4. The number of nitrogens with zero attached hydrogens (tertiary/aromatic N) is 1. The number of fused-ring (bicyclic) bond motifs is 1. The Morgan fingerprint density at radius 3 is 2.48 bits per heavy atom. The molecule has 126 valence electrons. The van der Waals surface area contributed by atoms with Gasteiger partial charge in [0.25, 0.3) is 11.6 Å². The number of methoxy groups -OCH3 is 1. The maximum atomic E-state index is 12.5. The van der Waals surface area contributed by atoms with Gasteiger partial charge in [0.05, 0.1) is 22.6 Å². The third kappa shape index (κ3) is 3.25. The van der Waals surface area contributed by atoms with Crippen LogP contribution < -0.4 is 10.1 Å². The predicted octanol–water partition coefficient (Wildman–Crippen LogP) is 4.66. The molecule has 3 aromatic rings. The minimum Gasteiger partial charge on any atom is -0.496 e. The van der Waals surface area contributed by atoms with Crippen LogP contribution in [0.5, 0.6) is 5.75 Å². The van der Waals surface area contributed by atoms with Crippen molar-refractivity contribution < 1.29 is 14.5 Å². The minimum atomic E-state index is -0.565. The topological polar surface area (TPSA) is 81.5 Å². The maximum Gasteiger partial charge on any atom is 0.270 e. The van der Waals surface area contributed by atoms with Gasteiger partial charge in [-0.15, -0.1) is 0 Å². The van der Waals surface area contributed by atoms with E-state index < -0.39 is 10.8 Å². The Labute approximate surface area is 148 Å². The van der Waals surface area contributed by atoms with Gasteiger partial charge in [-0.3, -0.25) is 14.9 Å². The lowest BCUT2D eigenvalue weighted by molar-refractivity contribution is -0.384. The van der Waals surface area contributed by atoms with Crippen molar-refractivity contribution in [2.75, 3.05) is 12.4 Å². The van der Waals surface area contributed by atoms with Gasteiger partial charge in [-0.25, -0.2) is 0 Å². The number of carbonyl (C=O) groups excluding carboxylic acids is 1. The fourth-order valence-corrected chi connectivity index (χ4v) is 2.81. The van der Waals surface area contributed by atoms with Crippen molar-refractivity contribution in [2.24, 2.45) is 0 Å². The summed E-state index contributed by atoms with van der Waals surface area (Å²) in [6, 6.07) is 14.7. The van der Waals surface area contributed by atoms with E-state index in [1.54, 1.807) is 19.2 Å². The summed E-state index contributed by atoms with van der Waals surface area (Å²) in [4.78, 5) is 22.7. The molecule has 3 rings (SSSR count). The number of hydrogen-bond acceptors (Lipinski definition) is 4. The second-order valence-corrected chi connectivity index (χ2v) is 5.64. The van der Waals surface area contributed by atoms with E-state index in [9.17, 15) is 14.9 Å². The summed E-state index contributed by atoms with van der Waals surface area (Å²) in [7, 11) is 1.58. The van der Waals surface area contributed by atoms with Crippen LogP contribution in [-0.4, -0.2) is 17.9 Å². The van der Waals surface area contributed by atoms with Gasteiger partial charge in [0.1, 0.15) is 5.75 Å². The highest BCUT2D eigenvalue weighted by Crippen LogP contribution is 2.32. The van der Waals surface area contributed by atoms with Gasteiger partial charge in [-0.1, -0.05) is 35.9 Å². The summed E-state index contributed by atoms with van der Waals surface area (Å²) in [6.07, 6.45) is 0. The molecule has 1 amide bonds. The zero-order chi connectivity index (χ0) is 18.0. The Morgan fingerprint density at radius 2 is 1.84 bits per heavy atom. The predicted molar refractivity (Wildman–Crippen MR) is 96.6 cm³/mol. The average Bonchev–Trinajstić information content (AvgIpc) is 2.61. The number of non-ortho nitro benzene ring substituents is 1. The molecule has 0 saturated heterocycles. The Balaban J connectivity index is 1.97. The fraction of sp³-hybridized carbons (Fsp3) is 0.0556. The molecule has 6 nitrogen and oxygen atoms in total. The third-order valence-electron chi connectivity index (χ3n) is 3.76. The Kier molecular flexibility index (Phi) is 4.54. The van der Waals surface area contributed by atoms with Crippen molar-refractivity contribution in [3.63, 3.8) is 0 Å². The van der Waals surface area contributed by atoms with Crippen LogP contribution >= 0.6 is 11.6 Å². The van der Waals surface area contributed by atoms with Gasteiger partial charge in [-0.05, 0) is 18.2 Å². The normalized spacial score (nSPS) is 10.5. The molecule has 0 atom stereocenters. The Morgan fingerprint density at radius 1 is 1.12 bits per heavy atom. The third-order valence-corrected chi connectivity index (χ3v) is 4.07. The van der Waals surface area contributed by atoms with Crippen molar-refractivity contribution in [2.45, 2.75) is 0 Å². The summed E-state index contributed by atoms with van der Waals surface area (Å²) in [5.74, 6) is 0.247. The molecule has 3 aromatic carbocycles. The molecular formula is C18H13ClN2O4. The second-order valence-electron chi connectivity index (χ2n) is 5.24. The number of hydrogen-bond donors (Lipinski definition) is 1. The van der Waals surface area contributed by atoms with Crippen molar-refractivity contribution in [3.05, 3.63) is 75.3 Å². The summed E-state index contributed by atoms with van der Waals surface area (Å²) in [5, 5.41) is 15.3. The van der Waals surface area contributed by atoms with Gasteiger partial charge in [0.2, 0.25) is 0 Å². The fourth-order valence-electron chi connectivity index (χ4n) is 2.55.